The summed E-state index contributed by atoms with van der Waals surface area (Å²) in [7, 11) is 0. The summed E-state index contributed by atoms with van der Waals surface area (Å²) in [5.41, 5.74) is 2.36. The van der Waals surface area contributed by atoms with E-state index in [1.807, 2.05) is 0 Å². The molecular formula is C24H17FN4O3. The van der Waals surface area contributed by atoms with Crippen molar-refractivity contribution in [3.63, 3.8) is 0 Å². The molecule has 0 saturated carbocycles. The van der Waals surface area contributed by atoms with Gasteiger partial charge >= 0.3 is 0 Å². The zero-order valence-corrected chi connectivity index (χ0v) is 16.7. The fraction of sp³-hybridized carbons (Fsp3) is 0.0417. The highest BCUT2D eigenvalue weighted by molar-refractivity contribution is 6.04. The Morgan fingerprint density at radius 1 is 1.03 bits per heavy atom. The molecule has 0 aliphatic heterocycles. The van der Waals surface area contributed by atoms with Gasteiger partial charge in [-0.25, -0.2) is 9.37 Å². The SMILES string of the molecule is O=C(Nc1ccc2nc(Cc3ccccc3F)[nH]c2c1)c1ccc(-c2ccco2)[nH]c1=O. The van der Waals surface area contributed by atoms with E-state index in [0.29, 0.717) is 46.0 Å². The number of fused-ring (bicyclic) bond motifs is 1. The van der Waals surface area contributed by atoms with Crippen LogP contribution in [0.15, 0.2) is 82.2 Å². The number of benzene rings is 2. The minimum absolute atomic E-state index is 0.0229. The van der Waals surface area contributed by atoms with E-state index in [1.165, 1.54) is 18.4 Å². The molecule has 0 radical (unpaired) electrons. The van der Waals surface area contributed by atoms with E-state index >= 15 is 0 Å². The fourth-order valence-electron chi connectivity index (χ4n) is 3.47. The molecule has 5 rings (SSSR count). The first-order valence-electron chi connectivity index (χ1n) is 9.87. The van der Waals surface area contributed by atoms with Crippen molar-refractivity contribution in [2.24, 2.45) is 0 Å². The number of aromatic nitrogens is 3. The summed E-state index contributed by atoms with van der Waals surface area (Å²) in [5, 5.41) is 2.72. The van der Waals surface area contributed by atoms with Gasteiger partial charge in [0.05, 0.1) is 23.0 Å². The van der Waals surface area contributed by atoms with Crippen molar-refractivity contribution in [1.82, 2.24) is 15.0 Å². The number of hydrogen-bond acceptors (Lipinski definition) is 4. The lowest BCUT2D eigenvalue weighted by molar-refractivity contribution is 0.102. The highest BCUT2D eigenvalue weighted by Gasteiger charge is 2.14. The number of nitrogens with zero attached hydrogens (tertiary/aromatic N) is 1. The van der Waals surface area contributed by atoms with E-state index in [9.17, 15) is 14.0 Å². The molecule has 32 heavy (non-hydrogen) atoms. The third kappa shape index (κ3) is 3.81. The lowest BCUT2D eigenvalue weighted by Crippen LogP contribution is -2.23. The number of imidazole rings is 1. The lowest BCUT2D eigenvalue weighted by atomic mass is 10.1. The molecule has 2 aromatic carbocycles. The van der Waals surface area contributed by atoms with Gasteiger partial charge in [-0.1, -0.05) is 18.2 Å². The van der Waals surface area contributed by atoms with Gasteiger partial charge in [-0.05, 0) is 54.1 Å². The van der Waals surface area contributed by atoms with Crippen molar-refractivity contribution in [1.29, 1.82) is 0 Å². The number of pyridine rings is 1. The molecule has 3 aromatic heterocycles. The maximum atomic E-state index is 13.9. The Morgan fingerprint density at radius 3 is 2.69 bits per heavy atom. The van der Waals surface area contributed by atoms with Crippen LogP contribution in [0.2, 0.25) is 0 Å². The molecule has 0 bridgehead atoms. The van der Waals surface area contributed by atoms with Crippen molar-refractivity contribution in [2.75, 3.05) is 5.32 Å². The molecular weight excluding hydrogens is 411 g/mol. The normalized spacial score (nSPS) is 11.0. The molecule has 3 heterocycles. The van der Waals surface area contributed by atoms with Crippen LogP contribution in [0, 0.1) is 5.82 Å². The zero-order chi connectivity index (χ0) is 22.1. The average Bonchev–Trinajstić information content (AvgIpc) is 3.45. The number of carbonyl (C=O) groups excluding carboxylic acids is 1. The van der Waals surface area contributed by atoms with E-state index in [1.54, 1.807) is 54.6 Å². The molecule has 1 amide bonds. The number of aromatic amines is 2. The minimum Gasteiger partial charge on any atom is -0.463 e. The first kappa shape index (κ1) is 19.5. The second-order valence-electron chi connectivity index (χ2n) is 7.23. The van der Waals surface area contributed by atoms with Gasteiger partial charge in [0.25, 0.3) is 11.5 Å². The highest BCUT2D eigenvalue weighted by atomic mass is 19.1. The van der Waals surface area contributed by atoms with E-state index in [0.717, 1.165) is 0 Å². The monoisotopic (exact) mass is 428 g/mol. The molecule has 0 unspecified atom stereocenters. The van der Waals surface area contributed by atoms with Crippen LogP contribution in [-0.4, -0.2) is 20.9 Å². The van der Waals surface area contributed by atoms with Crippen LogP contribution < -0.4 is 10.9 Å². The Bertz CT molecular complexity index is 1480. The number of amides is 1. The quantitative estimate of drug-likeness (QED) is 0.384. The second kappa shape index (κ2) is 7.99. The van der Waals surface area contributed by atoms with Crippen LogP contribution in [0.25, 0.3) is 22.5 Å². The maximum Gasteiger partial charge on any atom is 0.261 e. The van der Waals surface area contributed by atoms with Crippen LogP contribution >= 0.6 is 0 Å². The molecule has 0 fully saturated rings. The predicted molar refractivity (Wildman–Crippen MR) is 118 cm³/mol. The van der Waals surface area contributed by atoms with Gasteiger partial charge in [0.15, 0.2) is 0 Å². The topological polar surface area (TPSA) is 104 Å². The van der Waals surface area contributed by atoms with Crippen LogP contribution in [0.1, 0.15) is 21.7 Å². The van der Waals surface area contributed by atoms with E-state index < -0.39 is 11.5 Å². The molecule has 0 aliphatic rings. The molecule has 158 valence electrons. The molecule has 0 saturated heterocycles. The average molecular weight is 428 g/mol. The Hall–Kier alpha value is -4.46. The fourth-order valence-corrected chi connectivity index (χ4v) is 3.47. The first-order chi connectivity index (χ1) is 15.6. The first-order valence-corrected chi connectivity index (χ1v) is 9.87. The largest absolute Gasteiger partial charge is 0.463 e. The number of furan rings is 1. The number of rotatable bonds is 5. The van der Waals surface area contributed by atoms with Crippen LogP contribution in [0.5, 0.6) is 0 Å². The van der Waals surface area contributed by atoms with Gasteiger partial charge in [0.2, 0.25) is 0 Å². The van der Waals surface area contributed by atoms with Gasteiger partial charge in [0.1, 0.15) is 23.0 Å². The molecule has 8 heteroatoms. The Labute approximate surface area is 180 Å². The smallest absolute Gasteiger partial charge is 0.261 e. The molecule has 5 aromatic rings. The second-order valence-corrected chi connectivity index (χ2v) is 7.23. The number of hydrogen-bond donors (Lipinski definition) is 3. The summed E-state index contributed by atoms with van der Waals surface area (Å²) < 4.78 is 19.2. The van der Waals surface area contributed by atoms with Crippen LogP contribution in [0.3, 0.4) is 0 Å². The number of nitrogens with one attached hydrogen (secondary N) is 3. The predicted octanol–water partition coefficient (Wildman–Crippen LogP) is 4.49. The third-order valence-corrected chi connectivity index (χ3v) is 5.05. The molecule has 0 aliphatic carbocycles. The molecule has 3 N–H and O–H groups in total. The van der Waals surface area contributed by atoms with Crippen molar-refractivity contribution in [2.45, 2.75) is 6.42 Å². The summed E-state index contributed by atoms with van der Waals surface area (Å²) in [5.74, 6) is 0.287. The number of carbonyl (C=O) groups is 1. The Balaban J connectivity index is 1.35. The van der Waals surface area contributed by atoms with Crippen molar-refractivity contribution >= 4 is 22.6 Å². The van der Waals surface area contributed by atoms with Gasteiger partial charge in [0, 0.05) is 12.1 Å². The maximum absolute atomic E-state index is 13.9. The Morgan fingerprint density at radius 2 is 1.91 bits per heavy atom. The zero-order valence-electron chi connectivity index (χ0n) is 16.7. The minimum atomic E-state index is -0.539. The van der Waals surface area contributed by atoms with Gasteiger partial charge in [-0.2, -0.15) is 0 Å². The van der Waals surface area contributed by atoms with Gasteiger partial charge in [-0.15, -0.1) is 0 Å². The standard InChI is InChI=1S/C24H17FN4O3/c25-17-5-2-1-4-14(17)12-22-27-18-9-7-15(13-20(18)28-22)26-23(30)16-8-10-19(29-24(16)31)21-6-3-11-32-21/h1-11,13H,12H2,(H,26,30)(H,27,28)(H,29,31). The van der Waals surface area contributed by atoms with Crippen molar-refractivity contribution in [3.05, 3.63) is 106 Å². The summed E-state index contributed by atoms with van der Waals surface area (Å²) in [6, 6.07) is 18.2. The summed E-state index contributed by atoms with van der Waals surface area (Å²) in [6.07, 6.45) is 1.82. The number of H-pyrrole nitrogens is 2. The van der Waals surface area contributed by atoms with Crippen molar-refractivity contribution in [3.8, 4) is 11.5 Å². The molecule has 0 spiro atoms. The van der Waals surface area contributed by atoms with E-state index in [2.05, 4.69) is 20.3 Å². The van der Waals surface area contributed by atoms with Gasteiger partial charge in [-0.3, -0.25) is 9.59 Å². The Kier molecular flexibility index (Phi) is 4.87. The van der Waals surface area contributed by atoms with E-state index in [-0.39, 0.29) is 11.4 Å². The lowest BCUT2D eigenvalue weighted by Gasteiger charge is -2.05. The third-order valence-electron chi connectivity index (χ3n) is 5.05. The highest BCUT2D eigenvalue weighted by Crippen LogP contribution is 2.20. The summed E-state index contributed by atoms with van der Waals surface area (Å²) >= 11 is 0. The van der Waals surface area contributed by atoms with Crippen LogP contribution in [0.4, 0.5) is 10.1 Å². The molecule has 0 atom stereocenters. The molecule has 7 nitrogen and oxygen atoms in total. The number of anilines is 1. The van der Waals surface area contributed by atoms with Crippen LogP contribution in [-0.2, 0) is 6.42 Å². The number of halogens is 1. The van der Waals surface area contributed by atoms with E-state index in [4.69, 9.17) is 4.42 Å². The van der Waals surface area contributed by atoms with Crippen molar-refractivity contribution < 1.29 is 13.6 Å². The van der Waals surface area contributed by atoms with Gasteiger partial charge < -0.3 is 19.7 Å². The summed E-state index contributed by atoms with van der Waals surface area (Å²) in [6.45, 7) is 0. The summed E-state index contributed by atoms with van der Waals surface area (Å²) in [4.78, 5) is 35.3.